The van der Waals surface area contributed by atoms with Crippen molar-refractivity contribution in [3.05, 3.63) is 60.2 Å². The molecule has 0 saturated carbocycles. The third-order valence-electron chi connectivity index (χ3n) is 5.12. The molecule has 156 valence electrons. The van der Waals surface area contributed by atoms with Gasteiger partial charge in [0.1, 0.15) is 6.04 Å². The Balaban J connectivity index is 1.59. The number of sulfone groups is 1. The highest BCUT2D eigenvalue weighted by molar-refractivity contribution is 7.91. The summed E-state index contributed by atoms with van der Waals surface area (Å²) in [7, 11) is -1.30. The predicted octanol–water partition coefficient (Wildman–Crippen LogP) is 1.29. The number of nitrogens with zero attached hydrogens (tertiary/aromatic N) is 5. The van der Waals surface area contributed by atoms with Crippen molar-refractivity contribution in [1.29, 1.82) is 0 Å². The quantitative estimate of drug-likeness (QED) is 0.654. The predicted molar refractivity (Wildman–Crippen MR) is 112 cm³/mol. The molecular weight excluding hydrogens is 404 g/mol. The third kappa shape index (κ3) is 4.39. The molecule has 0 radical (unpaired) electrons. The number of amides is 1. The maximum absolute atomic E-state index is 13.3. The van der Waals surface area contributed by atoms with Crippen molar-refractivity contribution in [2.45, 2.75) is 6.04 Å². The van der Waals surface area contributed by atoms with Crippen molar-refractivity contribution in [3.8, 4) is 11.4 Å². The number of benzene rings is 2. The summed E-state index contributed by atoms with van der Waals surface area (Å²) in [6.45, 7) is 0.639. The van der Waals surface area contributed by atoms with Crippen LogP contribution in [0.2, 0.25) is 0 Å². The molecule has 1 saturated heterocycles. The van der Waals surface area contributed by atoms with Gasteiger partial charge >= 0.3 is 0 Å². The van der Waals surface area contributed by atoms with Crippen LogP contribution in [0.15, 0.2) is 54.6 Å². The number of hydrogen-bond acceptors (Lipinski definition) is 7. The Bertz CT molecular complexity index is 1130. The van der Waals surface area contributed by atoms with Crippen LogP contribution in [-0.2, 0) is 21.7 Å². The fourth-order valence-corrected chi connectivity index (χ4v) is 4.80. The summed E-state index contributed by atoms with van der Waals surface area (Å²) < 4.78 is 25.3. The highest BCUT2D eigenvalue weighted by Crippen LogP contribution is 2.26. The van der Waals surface area contributed by atoms with Gasteiger partial charge in [-0.1, -0.05) is 42.5 Å². The number of anilines is 1. The molecule has 1 unspecified atom stereocenters. The zero-order valence-corrected chi connectivity index (χ0v) is 17.3. The molecular formula is C20H22N6O3S. The van der Waals surface area contributed by atoms with Gasteiger partial charge < -0.3 is 5.32 Å². The number of hydrogen-bond donors (Lipinski definition) is 1. The van der Waals surface area contributed by atoms with E-state index < -0.39 is 15.9 Å². The number of nitrogens with one attached hydrogen (secondary N) is 1. The normalized spacial score (nSPS) is 17.4. The van der Waals surface area contributed by atoms with E-state index in [0.29, 0.717) is 24.6 Å². The zero-order valence-electron chi connectivity index (χ0n) is 16.5. The summed E-state index contributed by atoms with van der Waals surface area (Å²) in [5.74, 6) is 0.483. The average Bonchev–Trinajstić information content (AvgIpc) is 3.16. The summed E-state index contributed by atoms with van der Waals surface area (Å²) in [6, 6.07) is 16.1. The first kappa shape index (κ1) is 20.2. The molecule has 30 heavy (non-hydrogen) atoms. The first-order chi connectivity index (χ1) is 14.4. The zero-order chi connectivity index (χ0) is 21.1. The summed E-state index contributed by atoms with van der Waals surface area (Å²) in [5, 5.41) is 14.5. The molecule has 1 fully saturated rings. The lowest BCUT2D eigenvalue weighted by molar-refractivity contribution is -0.121. The minimum absolute atomic E-state index is 0.0538. The molecule has 3 aromatic rings. The molecule has 1 atom stereocenters. The van der Waals surface area contributed by atoms with Gasteiger partial charge in [-0.3, -0.25) is 9.69 Å². The summed E-state index contributed by atoms with van der Waals surface area (Å²) >= 11 is 0. The van der Waals surface area contributed by atoms with Crippen molar-refractivity contribution < 1.29 is 13.2 Å². The topological polar surface area (TPSA) is 110 Å². The molecule has 1 N–H and O–H groups in total. The number of rotatable bonds is 5. The van der Waals surface area contributed by atoms with E-state index in [2.05, 4.69) is 20.8 Å². The molecule has 10 heteroatoms. The SMILES string of the molecule is Cn1nnnc1-c1cccc(NC(=O)C(c2ccccc2)N2CCS(=O)(=O)CC2)c1. The summed E-state index contributed by atoms with van der Waals surface area (Å²) in [6.07, 6.45) is 0. The summed E-state index contributed by atoms with van der Waals surface area (Å²) in [5.41, 5.74) is 2.22. The third-order valence-corrected chi connectivity index (χ3v) is 6.73. The molecule has 0 aliphatic carbocycles. The minimum atomic E-state index is -3.05. The Morgan fingerprint density at radius 2 is 1.80 bits per heavy atom. The number of aryl methyl sites for hydroxylation is 1. The van der Waals surface area contributed by atoms with E-state index in [9.17, 15) is 13.2 Å². The Morgan fingerprint density at radius 3 is 2.47 bits per heavy atom. The second-order valence-electron chi connectivity index (χ2n) is 7.20. The number of tetrazole rings is 1. The molecule has 4 rings (SSSR count). The lowest BCUT2D eigenvalue weighted by atomic mass is 10.0. The fourth-order valence-electron chi connectivity index (χ4n) is 3.57. The van der Waals surface area contributed by atoms with Crippen molar-refractivity contribution in [2.75, 3.05) is 29.9 Å². The van der Waals surface area contributed by atoms with Crippen molar-refractivity contribution in [3.63, 3.8) is 0 Å². The second kappa shape index (κ2) is 8.33. The van der Waals surface area contributed by atoms with Gasteiger partial charge in [-0.2, -0.15) is 0 Å². The van der Waals surface area contributed by atoms with E-state index in [1.54, 1.807) is 17.8 Å². The minimum Gasteiger partial charge on any atom is -0.324 e. The van der Waals surface area contributed by atoms with Crippen molar-refractivity contribution in [2.24, 2.45) is 7.05 Å². The first-order valence-corrected chi connectivity index (χ1v) is 11.4. The van der Waals surface area contributed by atoms with Gasteiger partial charge in [0.05, 0.1) is 11.5 Å². The monoisotopic (exact) mass is 426 g/mol. The van der Waals surface area contributed by atoms with Gasteiger partial charge in [0.2, 0.25) is 5.91 Å². The molecule has 0 bridgehead atoms. The van der Waals surface area contributed by atoms with Crippen LogP contribution in [0.3, 0.4) is 0 Å². The second-order valence-corrected chi connectivity index (χ2v) is 9.50. The molecule has 1 aliphatic rings. The first-order valence-electron chi connectivity index (χ1n) is 9.56. The van der Waals surface area contributed by atoms with Crippen LogP contribution in [0, 0.1) is 0 Å². The van der Waals surface area contributed by atoms with E-state index in [1.807, 2.05) is 53.4 Å². The van der Waals surface area contributed by atoms with Crippen LogP contribution in [-0.4, -0.2) is 64.0 Å². The Morgan fingerprint density at radius 1 is 1.07 bits per heavy atom. The smallest absolute Gasteiger partial charge is 0.246 e. The molecule has 2 heterocycles. The van der Waals surface area contributed by atoms with Gasteiger partial charge in [0, 0.05) is 31.4 Å². The van der Waals surface area contributed by atoms with Crippen LogP contribution < -0.4 is 5.32 Å². The van der Waals surface area contributed by atoms with Crippen LogP contribution in [0.4, 0.5) is 5.69 Å². The Labute approximate surface area is 174 Å². The number of carbonyl (C=O) groups is 1. The van der Waals surface area contributed by atoms with Gasteiger partial charge in [-0.25, -0.2) is 13.1 Å². The summed E-state index contributed by atoms with van der Waals surface area (Å²) in [4.78, 5) is 15.2. The lowest BCUT2D eigenvalue weighted by Crippen LogP contribution is -2.46. The van der Waals surface area contributed by atoms with E-state index in [1.165, 1.54) is 0 Å². The maximum Gasteiger partial charge on any atom is 0.246 e. The standard InChI is InChI=1S/C20H22N6O3S/c1-25-19(22-23-24-25)16-8-5-9-17(14-16)21-20(27)18(15-6-3-2-4-7-15)26-10-12-30(28,29)13-11-26/h2-9,14,18H,10-13H2,1H3,(H,21,27). The van der Waals surface area contributed by atoms with Crippen molar-refractivity contribution in [1.82, 2.24) is 25.1 Å². The number of aromatic nitrogens is 4. The van der Waals surface area contributed by atoms with Gasteiger partial charge in [0.15, 0.2) is 15.7 Å². The van der Waals surface area contributed by atoms with Gasteiger partial charge in [0.25, 0.3) is 0 Å². The fraction of sp³-hybridized carbons (Fsp3) is 0.300. The molecule has 2 aromatic carbocycles. The molecule has 0 spiro atoms. The van der Waals surface area contributed by atoms with Crippen LogP contribution in [0.5, 0.6) is 0 Å². The number of carbonyl (C=O) groups excluding carboxylic acids is 1. The molecule has 1 amide bonds. The lowest BCUT2D eigenvalue weighted by Gasteiger charge is -2.33. The van der Waals surface area contributed by atoms with Gasteiger partial charge in [-0.05, 0) is 28.1 Å². The highest BCUT2D eigenvalue weighted by atomic mass is 32.2. The van der Waals surface area contributed by atoms with Crippen LogP contribution >= 0.6 is 0 Å². The van der Waals surface area contributed by atoms with E-state index in [0.717, 1.165) is 11.1 Å². The highest BCUT2D eigenvalue weighted by Gasteiger charge is 2.32. The van der Waals surface area contributed by atoms with E-state index in [4.69, 9.17) is 0 Å². The van der Waals surface area contributed by atoms with Crippen molar-refractivity contribution >= 4 is 21.4 Å². The van der Waals surface area contributed by atoms with Crippen LogP contribution in [0.25, 0.3) is 11.4 Å². The van der Waals surface area contributed by atoms with E-state index in [-0.39, 0.29) is 17.4 Å². The van der Waals surface area contributed by atoms with Crippen LogP contribution in [0.1, 0.15) is 11.6 Å². The Kier molecular flexibility index (Phi) is 5.60. The average molecular weight is 427 g/mol. The van der Waals surface area contributed by atoms with Gasteiger partial charge in [-0.15, -0.1) is 5.10 Å². The van der Waals surface area contributed by atoms with E-state index >= 15 is 0 Å². The molecule has 1 aliphatic heterocycles. The maximum atomic E-state index is 13.3. The molecule has 9 nitrogen and oxygen atoms in total. The largest absolute Gasteiger partial charge is 0.324 e. The molecule has 1 aromatic heterocycles. The Hall–Kier alpha value is -3.11.